The van der Waals surface area contributed by atoms with Crippen LogP contribution in [0.5, 0.6) is 0 Å². The van der Waals surface area contributed by atoms with E-state index >= 15 is 0 Å². The molecule has 380 valence electrons. The summed E-state index contributed by atoms with van der Waals surface area (Å²) in [5, 5.41) is 8.46. The molecule has 2 heteroatoms. The highest BCUT2D eigenvalue weighted by atomic mass is 32.1. The molecule has 77 heavy (non-hydrogen) atoms. The second-order valence-electron chi connectivity index (χ2n) is 21.0. The lowest BCUT2D eigenvalue weighted by Gasteiger charge is -2.22. The minimum absolute atomic E-state index is 0.0888. The summed E-state index contributed by atoms with van der Waals surface area (Å²) >= 11 is 3.77. The molecule has 1 aliphatic carbocycles. The molecule has 0 aliphatic heterocycles. The molecule has 0 atom stereocenters. The summed E-state index contributed by atoms with van der Waals surface area (Å²) in [6.07, 6.45) is 1.11. The van der Waals surface area contributed by atoms with Crippen LogP contribution in [0.3, 0.4) is 0 Å². The van der Waals surface area contributed by atoms with Crippen LogP contribution >= 0.6 is 22.7 Å². The molecule has 0 fully saturated rings. The molecule has 14 rings (SSSR count). The van der Waals surface area contributed by atoms with Crippen LogP contribution in [0.25, 0.3) is 84.5 Å². The van der Waals surface area contributed by atoms with Gasteiger partial charge in [0.25, 0.3) is 0 Å². The van der Waals surface area contributed by atoms with Gasteiger partial charge in [0.05, 0.1) is 0 Å². The molecule has 13 aromatic rings. The Kier molecular flexibility index (Phi) is 15.8. The molecule has 0 saturated heterocycles. The van der Waals surface area contributed by atoms with E-state index < -0.39 is 0 Å². The van der Waals surface area contributed by atoms with Crippen LogP contribution in [0.4, 0.5) is 0 Å². The van der Waals surface area contributed by atoms with Crippen molar-refractivity contribution >= 4 is 73.8 Å². The SMILES string of the molecule is CCc1cccc2sc3ccccc3c12.Cc1ccc(C)c(-c2ccccc2)c1.Cc1ccc2c(c1)C(C)(C)c1cc(C)c3ccccc3c1-2.Cc1cccc2sc3ccccc3c12.Cc1ccccc1-c1ccccc1. The molecule has 0 saturated carbocycles. The Morgan fingerprint density at radius 2 is 0.805 bits per heavy atom. The lowest BCUT2D eigenvalue weighted by Crippen LogP contribution is -2.15. The molecule has 2 aromatic heterocycles. The first-order chi connectivity index (χ1) is 37.4. The largest absolute Gasteiger partial charge is 0.135 e. The second-order valence-corrected chi connectivity index (χ2v) is 23.2. The molecule has 0 radical (unpaired) electrons. The summed E-state index contributed by atoms with van der Waals surface area (Å²) < 4.78 is 5.59. The lowest BCUT2D eigenvalue weighted by atomic mass is 9.81. The number of fused-ring (bicyclic) bond motifs is 11. The fourth-order valence-corrected chi connectivity index (χ4v) is 13.5. The monoisotopic (exact) mass is 1030 g/mol. The van der Waals surface area contributed by atoms with Crippen molar-refractivity contribution in [1.29, 1.82) is 0 Å². The zero-order chi connectivity index (χ0) is 53.6. The van der Waals surface area contributed by atoms with Crippen molar-refractivity contribution in [2.24, 2.45) is 0 Å². The number of hydrogen-bond acceptors (Lipinski definition) is 2. The first-order valence-electron chi connectivity index (χ1n) is 27.0. The number of rotatable bonds is 3. The summed E-state index contributed by atoms with van der Waals surface area (Å²) in [7, 11) is 0. The van der Waals surface area contributed by atoms with Crippen LogP contribution in [0.2, 0.25) is 0 Å². The second kappa shape index (κ2) is 23.2. The van der Waals surface area contributed by atoms with E-state index in [0.29, 0.717) is 0 Å². The van der Waals surface area contributed by atoms with Crippen LogP contribution in [-0.2, 0) is 11.8 Å². The van der Waals surface area contributed by atoms with Gasteiger partial charge in [0.15, 0.2) is 0 Å². The molecule has 0 amide bonds. The first-order valence-corrected chi connectivity index (χ1v) is 28.7. The fraction of sp³-hybridized carbons (Fsp3) is 0.147. The van der Waals surface area contributed by atoms with Gasteiger partial charge in [0, 0.05) is 45.8 Å². The number of aryl methyl sites for hydroxylation is 7. The Balaban J connectivity index is 0.000000111. The standard InChI is InChI=1S/C21H20.C14H12S.C14H14.C13H10S.C13H12/c1-13-9-10-17-18(11-13)21(3,4)19-12-14(2)15-7-5-6-8-16(15)20(17)19;1-2-10-6-5-9-13-14(10)11-7-3-4-8-12(11)15-13;1-11-8-9-12(2)14(10-11)13-6-4-3-5-7-13;1-9-5-4-8-12-13(9)10-6-2-3-7-11(10)14-12;1-11-7-5-6-10-13(11)12-8-3-2-4-9-12/h5-12H,1-4H3;3-9H,2H2,1H3;3-10H,1-2H3;2-8H,1H3;2-10H,1H3. The van der Waals surface area contributed by atoms with Crippen LogP contribution in [0.1, 0.15) is 70.8 Å². The zero-order valence-corrected chi connectivity index (χ0v) is 47.7. The summed E-state index contributed by atoms with van der Waals surface area (Å²) in [6.45, 7) is 19.9. The molecule has 0 bridgehead atoms. The Labute approximate surface area is 465 Å². The first kappa shape index (κ1) is 52.6. The lowest BCUT2D eigenvalue weighted by molar-refractivity contribution is 0.659. The summed E-state index contributed by atoms with van der Waals surface area (Å²) in [4.78, 5) is 0. The molecule has 0 N–H and O–H groups in total. The van der Waals surface area contributed by atoms with Crippen molar-refractivity contribution in [2.75, 3.05) is 0 Å². The topological polar surface area (TPSA) is 0 Å². The third-order valence-corrected chi connectivity index (χ3v) is 17.5. The average molecular weight is 1030 g/mol. The van der Waals surface area contributed by atoms with Gasteiger partial charge in [0.2, 0.25) is 0 Å². The van der Waals surface area contributed by atoms with Crippen molar-refractivity contribution < 1.29 is 0 Å². The van der Waals surface area contributed by atoms with Crippen molar-refractivity contribution in [1.82, 2.24) is 0 Å². The van der Waals surface area contributed by atoms with Crippen LogP contribution in [0, 0.1) is 41.5 Å². The maximum absolute atomic E-state index is 2.40. The minimum Gasteiger partial charge on any atom is -0.135 e. The minimum atomic E-state index is 0.0888. The number of hydrogen-bond donors (Lipinski definition) is 0. The maximum atomic E-state index is 2.40. The van der Waals surface area contributed by atoms with Gasteiger partial charge in [-0.25, -0.2) is 0 Å². The normalized spacial score (nSPS) is 11.9. The molecule has 0 nitrogen and oxygen atoms in total. The van der Waals surface area contributed by atoms with Gasteiger partial charge >= 0.3 is 0 Å². The maximum Gasteiger partial charge on any atom is 0.0358 e. The molecular formula is C75H68S2. The van der Waals surface area contributed by atoms with Crippen LogP contribution in [-0.4, -0.2) is 0 Å². The van der Waals surface area contributed by atoms with E-state index in [2.05, 4.69) is 293 Å². The molecule has 11 aromatic carbocycles. The molecular weight excluding hydrogens is 965 g/mol. The van der Waals surface area contributed by atoms with Gasteiger partial charge in [-0.15, -0.1) is 22.7 Å². The highest BCUT2D eigenvalue weighted by Crippen LogP contribution is 2.52. The third-order valence-electron chi connectivity index (χ3n) is 15.2. The fourth-order valence-electron chi connectivity index (χ4n) is 11.2. The number of benzene rings is 11. The predicted molar refractivity (Wildman–Crippen MR) is 342 cm³/mol. The van der Waals surface area contributed by atoms with Crippen molar-refractivity contribution in [2.45, 2.75) is 74.1 Å². The van der Waals surface area contributed by atoms with E-state index in [9.17, 15) is 0 Å². The summed E-state index contributed by atoms with van der Waals surface area (Å²) in [5.41, 5.74) is 20.7. The summed E-state index contributed by atoms with van der Waals surface area (Å²) in [6, 6.07) is 84.5. The Morgan fingerprint density at radius 3 is 1.45 bits per heavy atom. The predicted octanol–water partition coefficient (Wildman–Crippen LogP) is 22.4. The highest BCUT2D eigenvalue weighted by molar-refractivity contribution is 7.26. The van der Waals surface area contributed by atoms with Gasteiger partial charge in [-0.3, -0.25) is 0 Å². The van der Waals surface area contributed by atoms with E-state index in [0.717, 1.165) is 6.42 Å². The van der Waals surface area contributed by atoms with Gasteiger partial charge in [-0.05, 0) is 155 Å². The van der Waals surface area contributed by atoms with Crippen LogP contribution in [0.15, 0.2) is 237 Å². The van der Waals surface area contributed by atoms with Gasteiger partial charge in [-0.1, -0.05) is 244 Å². The van der Waals surface area contributed by atoms with E-state index in [4.69, 9.17) is 0 Å². The van der Waals surface area contributed by atoms with E-state index in [1.807, 2.05) is 28.7 Å². The van der Waals surface area contributed by atoms with Crippen molar-refractivity contribution in [3.8, 4) is 33.4 Å². The van der Waals surface area contributed by atoms with Crippen LogP contribution < -0.4 is 0 Å². The van der Waals surface area contributed by atoms with E-state index in [1.54, 1.807) is 0 Å². The van der Waals surface area contributed by atoms with Crippen molar-refractivity contribution in [3.05, 3.63) is 287 Å². The molecule has 2 heterocycles. The van der Waals surface area contributed by atoms with Gasteiger partial charge < -0.3 is 0 Å². The molecule has 0 unspecified atom stereocenters. The molecule has 1 aliphatic rings. The van der Waals surface area contributed by atoms with E-state index in [-0.39, 0.29) is 5.41 Å². The molecule has 0 spiro atoms. The average Bonchev–Trinajstić information content (AvgIpc) is 4.26. The Bertz CT molecular complexity index is 4170. The number of thiophene rings is 2. The smallest absolute Gasteiger partial charge is 0.0358 e. The Hall–Kier alpha value is -7.88. The summed E-state index contributed by atoms with van der Waals surface area (Å²) in [5.74, 6) is 0. The highest BCUT2D eigenvalue weighted by Gasteiger charge is 2.36. The van der Waals surface area contributed by atoms with Gasteiger partial charge in [-0.2, -0.15) is 0 Å². The van der Waals surface area contributed by atoms with Crippen molar-refractivity contribution in [3.63, 3.8) is 0 Å². The third kappa shape index (κ3) is 11.1. The van der Waals surface area contributed by atoms with E-state index in [1.165, 1.54) is 135 Å². The quantitative estimate of drug-likeness (QED) is 0.165. The zero-order valence-electron chi connectivity index (χ0n) is 46.0. The van der Waals surface area contributed by atoms with Gasteiger partial charge in [0.1, 0.15) is 0 Å². The Morgan fingerprint density at radius 1 is 0.325 bits per heavy atom.